The largest absolute Gasteiger partial charge is 0.497 e. The van der Waals surface area contributed by atoms with Crippen molar-refractivity contribution in [1.82, 2.24) is 9.61 Å². The summed E-state index contributed by atoms with van der Waals surface area (Å²) < 4.78 is 6.98. The van der Waals surface area contributed by atoms with Crippen LogP contribution in [0.15, 0.2) is 42.7 Å². The molecule has 2 aromatic heterocycles. The molecule has 30 heavy (non-hydrogen) atoms. The fourth-order valence-corrected chi connectivity index (χ4v) is 4.25. The second-order valence-electron chi connectivity index (χ2n) is 8.82. The van der Waals surface area contributed by atoms with E-state index < -0.39 is 11.5 Å². The van der Waals surface area contributed by atoms with Crippen LogP contribution in [0.3, 0.4) is 0 Å². The highest BCUT2D eigenvalue weighted by Gasteiger charge is 2.50. The maximum absolute atomic E-state index is 12.1. The van der Waals surface area contributed by atoms with Crippen molar-refractivity contribution in [3.8, 4) is 16.9 Å². The molecule has 0 aliphatic heterocycles. The van der Waals surface area contributed by atoms with Crippen molar-refractivity contribution in [2.75, 3.05) is 12.4 Å². The van der Waals surface area contributed by atoms with E-state index in [9.17, 15) is 9.90 Å². The van der Waals surface area contributed by atoms with Gasteiger partial charge in [0.15, 0.2) is 0 Å². The van der Waals surface area contributed by atoms with E-state index in [0.29, 0.717) is 17.7 Å². The third-order valence-electron chi connectivity index (χ3n) is 6.82. The third kappa shape index (κ3) is 3.19. The molecule has 3 aromatic rings. The zero-order valence-electron chi connectivity index (χ0n) is 17.8. The van der Waals surface area contributed by atoms with E-state index in [1.54, 1.807) is 11.6 Å². The van der Waals surface area contributed by atoms with Crippen molar-refractivity contribution in [2.24, 2.45) is 11.1 Å². The summed E-state index contributed by atoms with van der Waals surface area (Å²) in [6, 6.07) is 9.74. The van der Waals surface area contributed by atoms with Gasteiger partial charge in [-0.15, -0.1) is 0 Å². The molecule has 1 aliphatic rings. The number of hydrogen-bond donors (Lipinski definition) is 3. The Bertz CT molecular complexity index is 1100. The van der Waals surface area contributed by atoms with Gasteiger partial charge in [-0.1, -0.05) is 26.0 Å². The van der Waals surface area contributed by atoms with Gasteiger partial charge in [0.05, 0.1) is 35.7 Å². The molecule has 7 nitrogen and oxygen atoms in total. The summed E-state index contributed by atoms with van der Waals surface area (Å²) >= 11 is 0. The second-order valence-corrected chi connectivity index (χ2v) is 8.82. The minimum atomic E-state index is -0.795. The first-order valence-electron chi connectivity index (χ1n) is 10.1. The van der Waals surface area contributed by atoms with Crippen molar-refractivity contribution in [3.05, 3.63) is 48.3 Å². The second kappa shape index (κ2) is 7.02. The molecule has 1 fully saturated rings. The molecular weight excluding hydrogens is 380 g/mol. The van der Waals surface area contributed by atoms with Crippen molar-refractivity contribution < 1.29 is 14.6 Å². The van der Waals surface area contributed by atoms with Crippen LogP contribution in [0.1, 0.15) is 44.0 Å². The molecule has 2 atom stereocenters. The van der Waals surface area contributed by atoms with E-state index >= 15 is 0 Å². The zero-order valence-corrected chi connectivity index (χ0v) is 17.8. The number of benzene rings is 1. The highest BCUT2D eigenvalue weighted by atomic mass is 16.5. The van der Waals surface area contributed by atoms with Gasteiger partial charge < -0.3 is 20.9 Å². The van der Waals surface area contributed by atoms with Gasteiger partial charge in [0.25, 0.3) is 5.91 Å². The van der Waals surface area contributed by atoms with E-state index in [2.05, 4.69) is 10.4 Å². The summed E-state index contributed by atoms with van der Waals surface area (Å²) in [5, 5.41) is 18.7. The Morgan fingerprint density at radius 3 is 2.53 bits per heavy atom. The monoisotopic (exact) mass is 408 g/mol. The molecular formula is C23H28N4O3. The number of carbonyl (C=O) groups is 1. The number of nitrogens with zero attached hydrogens (tertiary/aromatic N) is 2. The summed E-state index contributed by atoms with van der Waals surface area (Å²) in [6.45, 7) is 5.95. The van der Waals surface area contributed by atoms with Crippen molar-refractivity contribution >= 4 is 17.1 Å². The van der Waals surface area contributed by atoms with Crippen LogP contribution in [-0.2, 0) is 0 Å². The number of nitrogens with two attached hydrogens (primary N) is 1. The highest BCUT2D eigenvalue weighted by molar-refractivity contribution is 6.02. The number of anilines is 1. The topological polar surface area (TPSA) is 102 Å². The van der Waals surface area contributed by atoms with Crippen molar-refractivity contribution in [3.63, 3.8) is 0 Å². The lowest BCUT2D eigenvalue weighted by atomic mass is 9.76. The number of ether oxygens (including phenoxy) is 1. The molecule has 1 aromatic carbocycles. The molecule has 158 valence electrons. The van der Waals surface area contributed by atoms with Gasteiger partial charge in [-0.3, -0.25) is 4.79 Å². The number of amides is 1. The first-order valence-corrected chi connectivity index (χ1v) is 10.1. The van der Waals surface area contributed by atoms with E-state index in [1.165, 1.54) is 6.20 Å². The van der Waals surface area contributed by atoms with Gasteiger partial charge in [0.2, 0.25) is 0 Å². The molecule has 0 radical (unpaired) electrons. The standard InChI is InChI=1S/C23H28N4O3/c1-22(2)19(9-10-23(22,3)29)26-20-17(21(24)28)12-25-27-13-15(11-18(20)27)14-5-7-16(30-4)8-6-14/h5-8,11-13,19,26,29H,9-10H2,1-4H3,(H2,24,28)/t19-,23+/m1/s1. The number of primary amides is 1. The quantitative estimate of drug-likeness (QED) is 0.600. The molecule has 1 amide bonds. The number of aromatic nitrogens is 2. The zero-order chi connectivity index (χ0) is 21.7. The molecule has 4 N–H and O–H groups in total. The van der Waals surface area contributed by atoms with Crippen LogP contribution in [-0.4, -0.2) is 39.4 Å². The molecule has 2 heterocycles. The first-order chi connectivity index (χ1) is 14.1. The minimum absolute atomic E-state index is 0.0175. The number of fused-ring (bicyclic) bond motifs is 1. The molecule has 0 saturated heterocycles. The minimum Gasteiger partial charge on any atom is -0.497 e. The molecule has 0 unspecified atom stereocenters. The molecule has 0 bridgehead atoms. The normalized spacial score (nSPS) is 22.9. The van der Waals surface area contributed by atoms with Gasteiger partial charge in [-0.05, 0) is 43.5 Å². The van der Waals surface area contributed by atoms with E-state index in [0.717, 1.165) is 28.8 Å². The Morgan fingerprint density at radius 2 is 1.97 bits per heavy atom. The summed E-state index contributed by atoms with van der Waals surface area (Å²) in [5.41, 5.74) is 8.21. The Hall–Kier alpha value is -3.06. The SMILES string of the molecule is COc1ccc(-c2cc3c(N[C@@H]4CC[C@](C)(O)C4(C)C)c(C(N)=O)cnn3c2)cc1. The van der Waals surface area contributed by atoms with Crippen LogP contribution in [0.5, 0.6) is 5.75 Å². The van der Waals surface area contributed by atoms with Gasteiger partial charge in [0, 0.05) is 23.2 Å². The fourth-order valence-electron chi connectivity index (χ4n) is 4.25. The maximum Gasteiger partial charge on any atom is 0.252 e. The van der Waals surface area contributed by atoms with Gasteiger partial charge in [-0.2, -0.15) is 5.10 Å². The molecule has 1 saturated carbocycles. The highest BCUT2D eigenvalue weighted by Crippen LogP contribution is 2.47. The van der Waals surface area contributed by atoms with Gasteiger partial charge >= 0.3 is 0 Å². The van der Waals surface area contributed by atoms with E-state index in [-0.39, 0.29) is 11.5 Å². The number of hydrogen-bond acceptors (Lipinski definition) is 5. The first kappa shape index (κ1) is 20.2. The Kier molecular flexibility index (Phi) is 4.73. The average molecular weight is 409 g/mol. The van der Waals surface area contributed by atoms with Crippen LogP contribution in [0, 0.1) is 5.41 Å². The smallest absolute Gasteiger partial charge is 0.252 e. The average Bonchev–Trinajstić information content (AvgIpc) is 3.22. The maximum atomic E-state index is 12.1. The molecule has 1 aliphatic carbocycles. The van der Waals surface area contributed by atoms with Gasteiger partial charge in [-0.25, -0.2) is 4.52 Å². The number of aliphatic hydroxyl groups is 1. The Balaban J connectivity index is 1.79. The van der Waals surface area contributed by atoms with Crippen LogP contribution >= 0.6 is 0 Å². The third-order valence-corrected chi connectivity index (χ3v) is 6.82. The fraction of sp³-hybridized carbons (Fsp3) is 0.391. The predicted octanol–water partition coefficient (Wildman–Crippen LogP) is 3.46. The van der Waals surface area contributed by atoms with E-state index in [4.69, 9.17) is 10.5 Å². The Morgan fingerprint density at radius 1 is 1.27 bits per heavy atom. The van der Waals surface area contributed by atoms with Gasteiger partial charge in [0.1, 0.15) is 5.75 Å². The lowest BCUT2D eigenvalue weighted by Gasteiger charge is -2.38. The van der Waals surface area contributed by atoms with Crippen LogP contribution in [0.2, 0.25) is 0 Å². The van der Waals surface area contributed by atoms with Crippen molar-refractivity contribution in [2.45, 2.75) is 45.3 Å². The lowest BCUT2D eigenvalue weighted by Crippen LogP contribution is -2.45. The van der Waals surface area contributed by atoms with Crippen molar-refractivity contribution in [1.29, 1.82) is 0 Å². The number of carbonyl (C=O) groups excluding carboxylic acids is 1. The number of nitrogens with one attached hydrogen (secondary N) is 1. The summed E-state index contributed by atoms with van der Waals surface area (Å²) in [4.78, 5) is 12.1. The summed E-state index contributed by atoms with van der Waals surface area (Å²) in [6.07, 6.45) is 4.89. The molecule has 0 spiro atoms. The molecule has 4 rings (SSSR count). The van der Waals surface area contributed by atoms with Crippen LogP contribution < -0.4 is 15.8 Å². The Labute approximate surface area is 175 Å². The summed E-state index contributed by atoms with van der Waals surface area (Å²) in [7, 11) is 1.64. The number of methoxy groups -OCH3 is 1. The number of rotatable bonds is 5. The molecule has 7 heteroatoms. The lowest BCUT2D eigenvalue weighted by molar-refractivity contribution is -0.0283. The summed E-state index contributed by atoms with van der Waals surface area (Å²) in [5.74, 6) is 0.247. The van der Waals surface area contributed by atoms with Crippen LogP contribution in [0.25, 0.3) is 16.6 Å². The van der Waals surface area contributed by atoms with Crippen LogP contribution in [0.4, 0.5) is 5.69 Å². The van der Waals surface area contributed by atoms with E-state index in [1.807, 2.05) is 57.3 Å². The predicted molar refractivity (Wildman–Crippen MR) is 117 cm³/mol.